The van der Waals surface area contributed by atoms with Crippen LogP contribution in [-0.2, 0) is 4.79 Å². The van der Waals surface area contributed by atoms with Gasteiger partial charge in [0, 0.05) is 6.08 Å². The Bertz CT molecular complexity index is 511. The van der Waals surface area contributed by atoms with Crippen molar-refractivity contribution in [1.29, 1.82) is 0 Å². The van der Waals surface area contributed by atoms with E-state index < -0.39 is 5.97 Å². The summed E-state index contributed by atoms with van der Waals surface area (Å²) in [6.07, 6.45) is 7.39. The molecular weight excluding hydrogens is 248 g/mol. The fourth-order valence-corrected chi connectivity index (χ4v) is 3.58. The molecule has 0 saturated heterocycles. The maximum absolute atomic E-state index is 11.2. The van der Waals surface area contributed by atoms with Crippen molar-refractivity contribution in [2.24, 2.45) is 5.92 Å². The number of carboxylic acid groups (broad SMARTS) is 1. The Morgan fingerprint density at radius 1 is 1.10 bits per heavy atom. The number of allylic oxidation sites excluding steroid dienone is 1. The summed E-state index contributed by atoms with van der Waals surface area (Å²) in [5.74, 6) is -0.426. The smallest absolute Gasteiger partial charge is 0.328 e. The molecule has 0 radical (unpaired) electrons. The monoisotopic (exact) mass is 272 g/mol. The van der Waals surface area contributed by atoms with E-state index in [1.54, 1.807) is 0 Å². The van der Waals surface area contributed by atoms with Crippen molar-refractivity contribution in [2.75, 3.05) is 0 Å². The number of carbonyl (C=O) groups is 1. The lowest BCUT2D eigenvalue weighted by Gasteiger charge is -2.26. The van der Waals surface area contributed by atoms with Crippen LogP contribution in [0.4, 0.5) is 0 Å². The summed E-state index contributed by atoms with van der Waals surface area (Å²) in [6.45, 7) is 6.27. The summed E-state index contributed by atoms with van der Waals surface area (Å²) in [5, 5.41) is 9.24. The minimum atomic E-state index is -0.829. The number of aryl methyl sites for hydroxylation is 3. The Balaban J connectivity index is 2.49. The van der Waals surface area contributed by atoms with Crippen molar-refractivity contribution in [2.45, 2.75) is 52.9 Å². The van der Waals surface area contributed by atoms with E-state index in [2.05, 4.69) is 32.9 Å². The van der Waals surface area contributed by atoms with Crippen molar-refractivity contribution < 1.29 is 9.90 Å². The molecule has 0 unspecified atom stereocenters. The van der Waals surface area contributed by atoms with Crippen LogP contribution in [0.3, 0.4) is 0 Å². The first-order valence-electron chi connectivity index (χ1n) is 7.51. The standard InChI is InChI=1S/C18H24O2/c1-12-9-13(2)18(14(3)10-12)16(11-17(19)20)15-7-5-4-6-8-15/h9-11,15H,4-8H2,1-3H3,(H,19,20)/b16-11+. The zero-order valence-corrected chi connectivity index (χ0v) is 12.7. The summed E-state index contributed by atoms with van der Waals surface area (Å²) in [4.78, 5) is 11.2. The third-order valence-electron chi connectivity index (χ3n) is 4.29. The van der Waals surface area contributed by atoms with Gasteiger partial charge in [0.2, 0.25) is 0 Å². The predicted octanol–water partition coefficient (Wildman–Crippen LogP) is 4.66. The Labute approximate surface area is 121 Å². The van der Waals surface area contributed by atoms with Gasteiger partial charge in [-0.2, -0.15) is 0 Å². The van der Waals surface area contributed by atoms with Gasteiger partial charge in [-0.15, -0.1) is 0 Å². The summed E-state index contributed by atoms with van der Waals surface area (Å²) in [5.41, 5.74) is 5.82. The number of hydrogen-bond acceptors (Lipinski definition) is 1. The number of aliphatic carboxylic acids is 1. The van der Waals surface area contributed by atoms with Crippen LogP contribution in [-0.4, -0.2) is 11.1 Å². The van der Waals surface area contributed by atoms with E-state index in [-0.39, 0.29) is 0 Å². The molecule has 0 bridgehead atoms. The number of benzene rings is 1. The molecule has 0 amide bonds. The van der Waals surface area contributed by atoms with E-state index in [0.29, 0.717) is 5.92 Å². The molecule has 0 spiro atoms. The molecule has 1 aliphatic carbocycles. The minimum absolute atomic E-state index is 0.403. The summed E-state index contributed by atoms with van der Waals surface area (Å²) < 4.78 is 0. The number of rotatable bonds is 3. The van der Waals surface area contributed by atoms with Crippen molar-refractivity contribution in [3.8, 4) is 0 Å². The Kier molecular flexibility index (Phi) is 4.64. The summed E-state index contributed by atoms with van der Waals surface area (Å²) in [7, 11) is 0. The molecule has 0 aliphatic heterocycles. The molecule has 0 aromatic heterocycles. The van der Waals surface area contributed by atoms with Crippen LogP contribution in [0.25, 0.3) is 5.57 Å². The van der Waals surface area contributed by atoms with Crippen LogP contribution < -0.4 is 0 Å². The van der Waals surface area contributed by atoms with E-state index in [1.165, 1.54) is 42.0 Å². The Morgan fingerprint density at radius 2 is 1.65 bits per heavy atom. The average Bonchev–Trinajstić information content (AvgIpc) is 2.37. The normalized spacial score (nSPS) is 17.2. The highest BCUT2D eigenvalue weighted by Crippen LogP contribution is 2.38. The van der Waals surface area contributed by atoms with Crippen LogP contribution in [0.15, 0.2) is 18.2 Å². The molecule has 2 heteroatoms. The average molecular weight is 272 g/mol. The third kappa shape index (κ3) is 3.30. The van der Waals surface area contributed by atoms with Crippen LogP contribution in [0.1, 0.15) is 54.4 Å². The zero-order valence-electron chi connectivity index (χ0n) is 12.7. The van der Waals surface area contributed by atoms with Gasteiger partial charge in [-0.1, -0.05) is 37.0 Å². The number of hydrogen-bond donors (Lipinski definition) is 1. The highest BCUT2D eigenvalue weighted by Gasteiger charge is 2.22. The minimum Gasteiger partial charge on any atom is -0.478 e. The predicted molar refractivity (Wildman–Crippen MR) is 82.8 cm³/mol. The van der Waals surface area contributed by atoms with Crippen molar-refractivity contribution >= 4 is 11.5 Å². The van der Waals surface area contributed by atoms with E-state index in [1.807, 2.05) is 0 Å². The van der Waals surface area contributed by atoms with E-state index >= 15 is 0 Å². The van der Waals surface area contributed by atoms with Crippen molar-refractivity contribution in [3.63, 3.8) is 0 Å². The third-order valence-corrected chi connectivity index (χ3v) is 4.29. The van der Waals surface area contributed by atoms with Gasteiger partial charge in [-0.05, 0) is 61.8 Å². The van der Waals surface area contributed by atoms with Crippen molar-refractivity contribution in [3.05, 3.63) is 40.5 Å². The molecule has 1 N–H and O–H groups in total. The Hall–Kier alpha value is -1.57. The van der Waals surface area contributed by atoms with Gasteiger partial charge < -0.3 is 5.11 Å². The van der Waals surface area contributed by atoms with Gasteiger partial charge in [0.15, 0.2) is 0 Å². The topological polar surface area (TPSA) is 37.3 Å². The van der Waals surface area contributed by atoms with E-state index in [0.717, 1.165) is 24.0 Å². The molecule has 1 aromatic rings. The molecule has 2 nitrogen and oxygen atoms in total. The molecule has 1 aromatic carbocycles. The maximum atomic E-state index is 11.2. The second kappa shape index (κ2) is 6.25. The Morgan fingerprint density at radius 3 is 2.15 bits per heavy atom. The molecule has 1 aliphatic rings. The van der Waals surface area contributed by atoms with Gasteiger partial charge in [-0.3, -0.25) is 0 Å². The van der Waals surface area contributed by atoms with Gasteiger partial charge in [0.25, 0.3) is 0 Å². The first-order chi connectivity index (χ1) is 9.49. The largest absolute Gasteiger partial charge is 0.478 e. The highest BCUT2D eigenvalue weighted by atomic mass is 16.4. The highest BCUT2D eigenvalue weighted by molar-refractivity contribution is 5.91. The molecule has 0 heterocycles. The quantitative estimate of drug-likeness (QED) is 0.812. The molecular formula is C18H24O2. The molecule has 20 heavy (non-hydrogen) atoms. The number of carboxylic acids is 1. The SMILES string of the molecule is Cc1cc(C)c(/C(=C/C(=O)O)C2CCCCC2)c(C)c1. The summed E-state index contributed by atoms with van der Waals surface area (Å²) in [6, 6.07) is 4.31. The van der Waals surface area contributed by atoms with Gasteiger partial charge in [0.05, 0.1) is 0 Å². The lowest BCUT2D eigenvalue weighted by atomic mass is 9.78. The molecule has 1 fully saturated rings. The maximum Gasteiger partial charge on any atom is 0.328 e. The van der Waals surface area contributed by atoms with Gasteiger partial charge >= 0.3 is 5.97 Å². The summed E-state index contributed by atoms with van der Waals surface area (Å²) >= 11 is 0. The molecule has 2 rings (SSSR count). The lowest BCUT2D eigenvalue weighted by Crippen LogP contribution is -2.12. The fourth-order valence-electron chi connectivity index (χ4n) is 3.58. The van der Waals surface area contributed by atoms with Crippen LogP contribution >= 0.6 is 0 Å². The fraction of sp³-hybridized carbons (Fsp3) is 0.500. The zero-order chi connectivity index (χ0) is 14.7. The van der Waals surface area contributed by atoms with Gasteiger partial charge in [0.1, 0.15) is 0 Å². The van der Waals surface area contributed by atoms with Crippen LogP contribution in [0, 0.1) is 26.7 Å². The van der Waals surface area contributed by atoms with E-state index in [9.17, 15) is 9.90 Å². The first-order valence-corrected chi connectivity index (χ1v) is 7.51. The van der Waals surface area contributed by atoms with Gasteiger partial charge in [-0.25, -0.2) is 4.79 Å². The van der Waals surface area contributed by atoms with Crippen molar-refractivity contribution in [1.82, 2.24) is 0 Å². The second-order valence-electron chi connectivity index (χ2n) is 6.05. The first kappa shape index (κ1) is 14.8. The van der Waals surface area contributed by atoms with Crippen LogP contribution in [0.5, 0.6) is 0 Å². The molecule has 108 valence electrons. The molecule has 0 atom stereocenters. The van der Waals surface area contributed by atoms with Crippen LogP contribution in [0.2, 0.25) is 0 Å². The van der Waals surface area contributed by atoms with E-state index in [4.69, 9.17) is 0 Å². The second-order valence-corrected chi connectivity index (χ2v) is 6.05. The lowest BCUT2D eigenvalue weighted by molar-refractivity contribution is -0.131. The molecule has 1 saturated carbocycles.